The predicted molar refractivity (Wildman–Crippen MR) is 76.4 cm³/mol. The van der Waals surface area contributed by atoms with Crippen molar-refractivity contribution in [1.82, 2.24) is 10.2 Å². The summed E-state index contributed by atoms with van der Waals surface area (Å²) in [5.74, 6) is -0.965. The number of nitrogens with one attached hydrogen (secondary N) is 1. The molecule has 0 aromatic rings. The zero-order valence-corrected chi connectivity index (χ0v) is 13.0. The molecule has 0 saturated carbocycles. The van der Waals surface area contributed by atoms with Gasteiger partial charge < -0.3 is 29.5 Å². The van der Waals surface area contributed by atoms with Crippen LogP contribution in [0.25, 0.3) is 0 Å². The minimum atomic E-state index is -0.965. The molecule has 0 heterocycles. The summed E-state index contributed by atoms with van der Waals surface area (Å²) in [5, 5.41) is 11.4. The molecule has 0 aromatic carbocycles. The van der Waals surface area contributed by atoms with Gasteiger partial charge in [-0.3, -0.25) is 4.79 Å². The van der Waals surface area contributed by atoms with Gasteiger partial charge in [-0.2, -0.15) is 0 Å². The normalized spacial score (nSPS) is 12.0. The van der Waals surface area contributed by atoms with Gasteiger partial charge in [0.15, 0.2) is 0 Å². The number of carboxylic acids is 1. The van der Waals surface area contributed by atoms with Gasteiger partial charge in [0.05, 0.1) is 19.1 Å². The molecule has 1 unspecified atom stereocenters. The first kappa shape index (κ1) is 19.6. The Morgan fingerprint density at radius 2 is 1.81 bits per heavy atom. The molecule has 2 N–H and O–H groups in total. The molecule has 0 saturated heterocycles. The maximum absolute atomic E-state index is 12.1. The lowest BCUT2D eigenvalue weighted by molar-refractivity contribution is -0.139. The fraction of sp³-hybridized carbons (Fsp3) is 0.846. The van der Waals surface area contributed by atoms with Crippen molar-refractivity contribution in [1.29, 1.82) is 0 Å². The van der Waals surface area contributed by atoms with E-state index in [9.17, 15) is 9.59 Å². The maximum Gasteiger partial charge on any atom is 0.317 e. The van der Waals surface area contributed by atoms with Crippen molar-refractivity contribution in [3.63, 3.8) is 0 Å². The average Bonchev–Trinajstić information content (AvgIpc) is 2.46. The number of ether oxygens (including phenoxy) is 3. The van der Waals surface area contributed by atoms with E-state index in [1.165, 1.54) is 7.11 Å². The number of aliphatic carboxylic acids is 1. The number of amides is 2. The second-order valence-corrected chi connectivity index (χ2v) is 4.47. The van der Waals surface area contributed by atoms with E-state index in [-0.39, 0.29) is 19.0 Å². The van der Waals surface area contributed by atoms with Crippen LogP contribution in [-0.4, -0.2) is 82.3 Å². The minimum absolute atomic E-state index is 0.148. The van der Waals surface area contributed by atoms with E-state index in [1.54, 1.807) is 19.1 Å². The molecule has 1 atom stereocenters. The minimum Gasteiger partial charge on any atom is -0.481 e. The SMILES string of the molecule is COCCCN(CCOC)C(=O)NCC(CC(=O)O)OC. The molecule has 0 aliphatic rings. The number of rotatable bonds is 12. The van der Waals surface area contributed by atoms with Gasteiger partial charge in [0.2, 0.25) is 0 Å². The summed E-state index contributed by atoms with van der Waals surface area (Å²) < 4.78 is 14.9. The first-order valence-electron chi connectivity index (χ1n) is 6.80. The number of carbonyl (C=O) groups is 2. The predicted octanol–water partition coefficient (Wildman–Crippen LogP) is 0.171. The van der Waals surface area contributed by atoms with Gasteiger partial charge in [-0.1, -0.05) is 0 Å². The van der Waals surface area contributed by atoms with Gasteiger partial charge in [0, 0.05) is 47.6 Å². The number of hydrogen-bond donors (Lipinski definition) is 2. The highest BCUT2D eigenvalue weighted by Gasteiger charge is 2.17. The lowest BCUT2D eigenvalue weighted by Gasteiger charge is -2.24. The average molecular weight is 306 g/mol. The fourth-order valence-electron chi connectivity index (χ4n) is 1.66. The number of urea groups is 1. The highest BCUT2D eigenvalue weighted by molar-refractivity contribution is 5.74. The molecular formula is C13H26N2O6. The third kappa shape index (κ3) is 10.1. The van der Waals surface area contributed by atoms with Crippen molar-refractivity contribution >= 4 is 12.0 Å². The van der Waals surface area contributed by atoms with E-state index < -0.39 is 12.1 Å². The van der Waals surface area contributed by atoms with Crippen LogP contribution in [-0.2, 0) is 19.0 Å². The Morgan fingerprint density at radius 3 is 2.33 bits per heavy atom. The van der Waals surface area contributed by atoms with Crippen LogP contribution in [0.1, 0.15) is 12.8 Å². The van der Waals surface area contributed by atoms with Crippen LogP contribution < -0.4 is 5.32 Å². The second-order valence-electron chi connectivity index (χ2n) is 4.47. The molecule has 8 heteroatoms. The zero-order chi connectivity index (χ0) is 16.1. The molecule has 0 aliphatic carbocycles. The number of carbonyl (C=O) groups excluding carboxylic acids is 1. The van der Waals surface area contributed by atoms with Crippen LogP contribution in [0.5, 0.6) is 0 Å². The van der Waals surface area contributed by atoms with Crippen LogP contribution in [0.4, 0.5) is 4.79 Å². The summed E-state index contributed by atoms with van der Waals surface area (Å²) in [4.78, 5) is 24.3. The Kier molecular flexibility index (Phi) is 11.6. The summed E-state index contributed by atoms with van der Waals surface area (Å²) in [6.45, 7) is 2.15. The van der Waals surface area contributed by atoms with Crippen molar-refractivity contribution in [2.75, 3.05) is 54.2 Å². The number of nitrogens with zero attached hydrogens (tertiary/aromatic N) is 1. The molecule has 2 amide bonds. The van der Waals surface area contributed by atoms with E-state index in [2.05, 4.69) is 5.32 Å². The molecule has 0 aliphatic heterocycles. The number of hydrogen-bond acceptors (Lipinski definition) is 5. The fourth-order valence-corrected chi connectivity index (χ4v) is 1.66. The summed E-state index contributed by atoms with van der Waals surface area (Å²) >= 11 is 0. The molecular weight excluding hydrogens is 280 g/mol. The van der Waals surface area contributed by atoms with Crippen molar-refractivity contribution in [3.05, 3.63) is 0 Å². The quantitative estimate of drug-likeness (QED) is 0.499. The molecule has 124 valence electrons. The van der Waals surface area contributed by atoms with Gasteiger partial charge in [-0.25, -0.2) is 4.79 Å². The van der Waals surface area contributed by atoms with E-state index in [1.807, 2.05) is 0 Å². The zero-order valence-electron chi connectivity index (χ0n) is 13.0. The highest BCUT2D eigenvalue weighted by atomic mass is 16.5. The lowest BCUT2D eigenvalue weighted by Crippen LogP contribution is -2.45. The van der Waals surface area contributed by atoms with Gasteiger partial charge in [-0.05, 0) is 6.42 Å². The van der Waals surface area contributed by atoms with Gasteiger partial charge >= 0.3 is 12.0 Å². The second kappa shape index (κ2) is 12.4. The van der Waals surface area contributed by atoms with Crippen LogP contribution >= 0.6 is 0 Å². The summed E-state index contributed by atoms with van der Waals surface area (Å²) in [6, 6.07) is -0.268. The maximum atomic E-state index is 12.1. The van der Waals surface area contributed by atoms with Crippen molar-refractivity contribution in [2.45, 2.75) is 18.9 Å². The molecule has 0 aromatic heterocycles. The highest BCUT2D eigenvalue weighted by Crippen LogP contribution is 1.98. The number of carboxylic acid groups (broad SMARTS) is 1. The summed E-state index contributed by atoms with van der Waals surface area (Å²) in [6.07, 6.45) is 0.0179. The monoisotopic (exact) mass is 306 g/mol. The van der Waals surface area contributed by atoms with E-state index >= 15 is 0 Å². The van der Waals surface area contributed by atoms with Crippen molar-refractivity contribution < 1.29 is 28.9 Å². The third-order valence-electron chi connectivity index (χ3n) is 2.85. The topological polar surface area (TPSA) is 97.3 Å². The smallest absolute Gasteiger partial charge is 0.317 e. The molecule has 0 bridgehead atoms. The summed E-state index contributed by atoms with van der Waals surface area (Å²) in [7, 11) is 4.59. The van der Waals surface area contributed by atoms with Crippen LogP contribution in [0.2, 0.25) is 0 Å². The lowest BCUT2D eigenvalue weighted by atomic mass is 10.2. The third-order valence-corrected chi connectivity index (χ3v) is 2.85. The van der Waals surface area contributed by atoms with E-state index in [0.29, 0.717) is 26.3 Å². The van der Waals surface area contributed by atoms with Crippen molar-refractivity contribution in [2.24, 2.45) is 0 Å². The van der Waals surface area contributed by atoms with Gasteiger partial charge in [0.1, 0.15) is 0 Å². The Morgan fingerprint density at radius 1 is 1.14 bits per heavy atom. The van der Waals surface area contributed by atoms with Crippen LogP contribution in [0, 0.1) is 0 Å². The van der Waals surface area contributed by atoms with Gasteiger partial charge in [-0.15, -0.1) is 0 Å². The first-order chi connectivity index (χ1) is 10.0. The molecule has 21 heavy (non-hydrogen) atoms. The van der Waals surface area contributed by atoms with Gasteiger partial charge in [0.25, 0.3) is 0 Å². The number of methoxy groups -OCH3 is 3. The van der Waals surface area contributed by atoms with E-state index in [0.717, 1.165) is 6.42 Å². The Hall–Kier alpha value is -1.38. The van der Waals surface area contributed by atoms with Crippen LogP contribution in [0.3, 0.4) is 0 Å². The Bertz CT molecular complexity index is 300. The first-order valence-corrected chi connectivity index (χ1v) is 6.80. The molecule has 0 rings (SSSR count). The van der Waals surface area contributed by atoms with Crippen LogP contribution in [0.15, 0.2) is 0 Å². The molecule has 0 spiro atoms. The molecule has 8 nitrogen and oxygen atoms in total. The molecule has 0 fully saturated rings. The Labute approximate surface area is 125 Å². The summed E-state index contributed by atoms with van der Waals surface area (Å²) in [5.41, 5.74) is 0. The van der Waals surface area contributed by atoms with E-state index in [4.69, 9.17) is 19.3 Å². The molecule has 0 radical (unpaired) electrons. The Balaban J connectivity index is 4.26. The standard InChI is InChI=1S/C13H26N2O6/c1-19-7-4-5-15(6-8-20-2)13(18)14-10-11(21-3)9-12(16)17/h11H,4-10H2,1-3H3,(H,14,18)(H,16,17). The largest absolute Gasteiger partial charge is 0.481 e. The van der Waals surface area contributed by atoms with Crippen molar-refractivity contribution in [3.8, 4) is 0 Å².